The molecule has 0 heterocycles. The van der Waals surface area contributed by atoms with Crippen LogP contribution in [0.5, 0.6) is 23.0 Å². The number of hydrogen-bond donors (Lipinski definition) is 2. The van der Waals surface area contributed by atoms with Gasteiger partial charge in [-0.15, -0.1) is 0 Å². The molecular formula is C29H16F6N4O3. The van der Waals surface area contributed by atoms with Crippen LogP contribution >= 0.6 is 0 Å². The quantitative estimate of drug-likeness (QED) is 0.0931. The summed E-state index contributed by atoms with van der Waals surface area (Å²) < 4.78 is 91.7. The highest BCUT2D eigenvalue weighted by atomic mass is 19.4. The van der Waals surface area contributed by atoms with Gasteiger partial charge in [0.15, 0.2) is 18.2 Å². The van der Waals surface area contributed by atoms with Crippen LogP contribution in [0.1, 0.15) is 27.0 Å². The average Bonchev–Trinajstić information content (AvgIpc) is 2.94. The van der Waals surface area contributed by atoms with Crippen LogP contribution in [0.3, 0.4) is 0 Å². The Morgan fingerprint density at radius 1 is 0.595 bits per heavy atom. The highest BCUT2D eigenvalue weighted by Crippen LogP contribution is 2.41. The van der Waals surface area contributed by atoms with Gasteiger partial charge in [0.1, 0.15) is 34.1 Å². The van der Waals surface area contributed by atoms with Crippen LogP contribution < -0.4 is 20.1 Å². The van der Waals surface area contributed by atoms with E-state index in [9.17, 15) is 31.1 Å². The zero-order valence-electron chi connectivity index (χ0n) is 21.0. The van der Waals surface area contributed by atoms with Crippen LogP contribution in [0.15, 0.2) is 84.9 Å². The number of benzene rings is 4. The number of nitrogens with zero attached hydrogens (tertiary/aromatic N) is 2. The number of nitrogens with one attached hydrogen (secondary N) is 2. The molecule has 212 valence electrons. The first kappa shape index (κ1) is 29.3. The molecular weight excluding hydrogens is 566 g/mol. The molecule has 2 N–H and O–H groups in total. The standard InChI is InChI=1S/C29H16F6N4O3/c30-28(31,32)23-13-19(38-15-36)5-11-25(23)41-21-7-1-17(2-8-21)27(40)18-3-9-22(10-4-18)42-26-12-6-20(39-16-37)14-24(26)29(33,34)35/h1-14,38-39H. The Hall–Kier alpha value is -5.69. The Kier molecular flexibility index (Phi) is 8.24. The third-order valence-corrected chi connectivity index (χ3v) is 5.66. The van der Waals surface area contributed by atoms with Crippen molar-refractivity contribution in [3.05, 3.63) is 107 Å². The molecule has 0 unspecified atom stereocenters. The van der Waals surface area contributed by atoms with Gasteiger partial charge in [-0.3, -0.25) is 15.4 Å². The molecule has 0 amide bonds. The zero-order chi connectivity index (χ0) is 30.5. The van der Waals surface area contributed by atoms with Gasteiger partial charge in [-0.2, -0.15) is 36.9 Å². The SMILES string of the molecule is N#CNc1ccc(Oc2ccc(C(=O)c3ccc(Oc4ccc(NC#N)cc4C(F)(F)F)cc3)cc2)c(C(F)(F)F)c1. The fourth-order valence-electron chi connectivity index (χ4n) is 3.73. The van der Waals surface area contributed by atoms with Gasteiger partial charge in [0.05, 0.1) is 0 Å². The highest BCUT2D eigenvalue weighted by molar-refractivity contribution is 6.09. The van der Waals surface area contributed by atoms with E-state index in [2.05, 4.69) is 10.6 Å². The van der Waals surface area contributed by atoms with E-state index in [1.807, 2.05) is 0 Å². The van der Waals surface area contributed by atoms with Gasteiger partial charge in [-0.1, -0.05) is 0 Å². The minimum Gasteiger partial charge on any atom is -0.457 e. The van der Waals surface area contributed by atoms with Gasteiger partial charge in [-0.05, 0) is 84.9 Å². The largest absolute Gasteiger partial charge is 0.457 e. The number of ketones is 1. The fourth-order valence-corrected chi connectivity index (χ4v) is 3.73. The van der Waals surface area contributed by atoms with Gasteiger partial charge >= 0.3 is 12.4 Å². The molecule has 4 aromatic carbocycles. The van der Waals surface area contributed by atoms with Crippen molar-refractivity contribution < 1.29 is 40.6 Å². The lowest BCUT2D eigenvalue weighted by atomic mass is 10.0. The zero-order valence-corrected chi connectivity index (χ0v) is 21.0. The lowest BCUT2D eigenvalue weighted by Gasteiger charge is -2.15. The molecule has 0 saturated heterocycles. The van der Waals surface area contributed by atoms with Crippen LogP contribution in [-0.4, -0.2) is 5.78 Å². The van der Waals surface area contributed by atoms with Gasteiger partial charge < -0.3 is 9.47 Å². The molecule has 4 aromatic rings. The summed E-state index contributed by atoms with van der Waals surface area (Å²) in [7, 11) is 0. The highest BCUT2D eigenvalue weighted by Gasteiger charge is 2.36. The third-order valence-electron chi connectivity index (χ3n) is 5.66. The minimum atomic E-state index is -4.76. The van der Waals surface area contributed by atoms with Crippen molar-refractivity contribution in [2.24, 2.45) is 0 Å². The van der Waals surface area contributed by atoms with E-state index < -0.39 is 40.8 Å². The summed E-state index contributed by atoms with van der Waals surface area (Å²) in [6.45, 7) is 0. The predicted octanol–water partition coefficient (Wildman–Crippen LogP) is 8.33. The molecule has 0 saturated carbocycles. The van der Waals surface area contributed by atoms with Crippen LogP contribution in [-0.2, 0) is 12.4 Å². The Balaban J connectivity index is 1.49. The molecule has 42 heavy (non-hydrogen) atoms. The van der Waals surface area contributed by atoms with Crippen molar-refractivity contribution in [2.45, 2.75) is 12.4 Å². The molecule has 0 aliphatic rings. The van der Waals surface area contributed by atoms with E-state index in [4.69, 9.17) is 20.0 Å². The first-order valence-electron chi connectivity index (χ1n) is 11.7. The molecule has 7 nitrogen and oxygen atoms in total. The summed E-state index contributed by atoms with van der Waals surface area (Å²) in [4.78, 5) is 12.9. The summed E-state index contributed by atoms with van der Waals surface area (Å²) in [5.41, 5.74) is -2.02. The smallest absolute Gasteiger partial charge is 0.420 e. The molecule has 0 aliphatic heterocycles. The minimum absolute atomic E-state index is 0.0123. The second kappa shape index (κ2) is 11.8. The van der Waals surface area contributed by atoms with Crippen molar-refractivity contribution >= 4 is 17.2 Å². The van der Waals surface area contributed by atoms with Crippen molar-refractivity contribution in [1.29, 1.82) is 10.5 Å². The second-order valence-corrected chi connectivity index (χ2v) is 8.47. The number of nitriles is 2. The summed E-state index contributed by atoms with van der Waals surface area (Å²) >= 11 is 0. The van der Waals surface area contributed by atoms with Crippen LogP contribution in [0.25, 0.3) is 0 Å². The number of alkyl halides is 6. The van der Waals surface area contributed by atoms with Gasteiger partial charge in [0.25, 0.3) is 0 Å². The lowest BCUT2D eigenvalue weighted by Crippen LogP contribution is -2.08. The number of rotatable bonds is 8. The fraction of sp³-hybridized carbons (Fsp3) is 0.0690. The number of carbonyl (C=O) groups excluding carboxylic acids is 1. The van der Waals surface area contributed by atoms with Crippen LogP contribution in [0, 0.1) is 22.9 Å². The third kappa shape index (κ3) is 6.89. The maximum absolute atomic E-state index is 13.5. The van der Waals surface area contributed by atoms with Crippen molar-refractivity contribution in [2.75, 3.05) is 10.6 Å². The van der Waals surface area contributed by atoms with Gasteiger partial charge in [-0.25, -0.2) is 0 Å². The van der Waals surface area contributed by atoms with Crippen molar-refractivity contribution in [3.63, 3.8) is 0 Å². The molecule has 0 fully saturated rings. The van der Waals surface area contributed by atoms with Crippen LogP contribution in [0.2, 0.25) is 0 Å². The lowest BCUT2D eigenvalue weighted by molar-refractivity contribution is -0.139. The van der Waals surface area contributed by atoms with E-state index in [1.165, 1.54) is 60.7 Å². The molecule has 4 rings (SSSR count). The first-order valence-corrected chi connectivity index (χ1v) is 11.7. The first-order chi connectivity index (χ1) is 19.9. The second-order valence-electron chi connectivity index (χ2n) is 8.47. The normalized spacial score (nSPS) is 11.1. The number of ether oxygens (including phenoxy) is 2. The molecule has 0 spiro atoms. The molecule has 0 aromatic heterocycles. The van der Waals surface area contributed by atoms with Crippen molar-refractivity contribution in [1.82, 2.24) is 0 Å². The van der Waals surface area contributed by atoms with E-state index >= 15 is 0 Å². The average molecular weight is 582 g/mol. The monoisotopic (exact) mass is 582 g/mol. The van der Waals surface area contributed by atoms with E-state index in [1.54, 1.807) is 12.4 Å². The molecule has 0 radical (unpaired) electrons. The van der Waals surface area contributed by atoms with Crippen molar-refractivity contribution in [3.8, 4) is 35.4 Å². The predicted molar refractivity (Wildman–Crippen MR) is 138 cm³/mol. The molecule has 13 heteroatoms. The summed E-state index contributed by atoms with van der Waals surface area (Å²) in [5.74, 6) is -1.47. The van der Waals surface area contributed by atoms with Gasteiger partial charge in [0.2, 0.25) is 0 Å². The number of carbonyl (C=O) groups is 1. The number of anilines is 2. The maximum Gasteiger partial charge on any atom is 0.420 e. The number of halogens is 6. The molecule has 0 aliphatic carbocycles. The Bertz CT molecular complexity index is 1560. The Labute approximate surface area is 234 Å². The van der Waals surface area contributed by atoms with Gasteiger partial charge in [0, 0.05) is 22.5 Å². The maximum atomic E-state index is 13.5. The number of hydrogen-bond acceptors (Lipinski definition) is 7. The Morgan fingerprint density at radius 2 is 0.952 bits per heavy atom. The Morgan fingerprint density at radius 3 is 1.26 bits per heavy atom. The van der Waals surface area contributed by atoms with E-state index in [0.717, 1.165) is 24.3 Å². The topological polar surface area (TPSA) is 107 Å². The van der Waals surface area contributed by atoms with E-state index in [0.29, 0.717) is 0 Å². The van der Waals surface area contributed by atoms with Crippen LogP contribution in [0.4, 0.5) is 37.7 Å². The summed E-state index contributed by atoms with van der Waals surface area (Å²) in [6.07, 6.45) is -6.45. The summed E-state index contributed by atoms with van der Waals surface area (Å²) in [6, 6.07) is 16.6. The molecule has 0 atom stereocenters. The molecule has 0 bridgehead atoms. The van der Waals surface area contributed by atoms with E-state index in [-0.39, 0.29) is 34.0 Å². The summed E-state index contributed by atoms with van der Waals surface area (Å²) in [5, 5.41) is 21.5.